The number of nitrogens with one attached hydrogen (secondary N) is 1. The van der Waals surface area contributed by atoms with Crippen molar-refractivity contribution in [2.24, 2.45) is 11.3 Å². The highest BCUT2D eigenvalue weighted by Gasteiger charge is 2.44. The minimum Gasteiger partial charge on any atom is -0.343 e. The molecule has 3 heterocycles. The summed E-state index contributed by atoms with van der Waals surface area (Å²) >= 11 is 0. The van der Waals surface area contributed by atoms with Gasteiger partial charge in [-0.3, -0.25) is 14.3 Å². The summed E-state index contributed by atoms with van der Waals surface area (Å²) < 4.78 is 41.8. The Balaban J connectivity index is 1.48. The second-order valence-electron chi connectivity index (χ2n) is 10.3. The van der Waals surface area contributed by atoms with Gasteiger partial charge in [-0.25, -0.2) is 22.5 Å². The molecule has 2 aliphatic rings. The molecule has 12 heteroatoms. The summed E-state index contributed by atoms with van der Waals surface area (Å²) in [5.74, 6) is -0.212. The SMILES string of the molecule is CC(=O)N1CCC(C2(Cn3cncn3)CCN(C(=O)[C@H](Cc3ccc(F)cc3)NS(C)(=O)=O)CC2)CC1. The van der Waals surface area contributed by atoms with E-state index >= 15 is 0 Å². The third-order valence-electron chi connectivity index (χ3n) is 7.83. The Bertz CT molecular complexity index is 1170. The zero-order chi connectivity index (χ0) is 26.6. The summed E-state index contributed by atoms with van der Waals surface area (Å²) in [6.07, 6.45) is 7.66. The van der Waals surface area contributed by atoms with E-state index < -0.39 is 21.9 Å². The molecule has 1 N–H and O–H groups in total. The Kier molecular flexibility index (Phi) is 8.27. The van der Waals surface area contributed by atoms with Crippen LogP contribution in [0.25, 0.3) is 0 Å². The topological polar surface area (TPSA) is 118 Å². The smallest absolute Gasteiger partial charge is 0.241 e. The van der Waals surface area contributed by atoms with Gasteiger partial charge >= 0.3 is 0 Å². The maximum absolute atomic E-state index is 13.5. The highest BCUT2D eigenvalue weighted by molar-refractivity contribution is 7.88. The number of carbonyl (C=O) groups is 2. The molecule has 0 saturated carbocycles. The zero-order valence-corrected chi connectivity index (χ0v) is 22.2. The molecule has 2 aromatic rings. The van der Waals surface area contributed by atoms with Crippen molar-refractivity contribution < 1.29 is 22.4 Å². The Morgan fingerprint density at radius 2 is 1.76 bits per heavy atom. The van der Waals surface area contributed by atoms with E-state index in [2.05, 4.69) is 14.8 Å². The molecule has 2 amide bonds. The number of hydrogen-bond donors (Lipinski definition) is 1. The second kappa shape index (κ2) is 11.3. The highest BCUT2D eigenvalue weighted by atomic mass is 32.2. The molecular formula is C25H35FN6O4S. The number of aromatic nitrogens is 3. The lowest BCUT2D eigenvalue weighted by Gasteiger charge is -2.49. The lowest BCUT2D eigenvalue weighted by Crippen LogP contribution is -2.55. The van der Waals surface area contributed by atoms with Crippen LogP contribution in [-0.2, 0) is 32.6 Å². The summed E-state index contributed by atoms with van der Waals surface area (Å²) in [5, 5.41) is 4.33. The first-order chi connectivity index (χ1) is 17.5. The van der Waals surface area contributed by atoms with E-state index in [1.165, 1.54) is 18.5 Å². The number of benzene rings is 1. The van der Waals surface area contributed by atoms with Gasteiger partial charge in [0, 0.05) is 39.6 Å². The number of nitrogens with zero attached hydrogens (tertiary/aromatic N) is 5. The number of rotatable bonds is 8. The first kappa shape index (κ1) is 27.2. The quantitative estimate of drug-likeness (QED) is 0.548. The van der Waals surface area contributed by atoms with Gasteiger partial charge in [-0.15, -0.1) is 0 Å². The summed E-state index contributed by atoms with van der Waals surface area (Å²) in [4.78, 5) is 33.1. The lowest BCUT2D eigenvalue weighted by molar-refractivity contribution is -0.138. The number of sulfonamides is 1. The van der Waals surface area contributed by atoms with Gasteiger partial charge in [-0.2, -0.15) is 5.10 Å². The molecule has 2 aliphatic heterocycles. The summed E-state index contributed by atoms with van der Waals surface area (Å²) in [5.41, 5.74) is 0.565. The standard InChI is InChI=1S/C25H35FN6O4S/c1-19(33)30-11-7-21(8-12-30)25(16-32-18-27-17-28-32)9-13-31(14-10-25)24(34)23(29-37(2,35)36)15-20-3-5-22(26)6-4-20/h3-6,17-18,21,23,29H,7-16H2,1-2H3/t23-/m0/s1. The molecule has 0 unspecified atom stereocenters. The molecule has 4 rings (SSSR count). The van der Waals surface area contributed by atoms with Crippen LogP contribution in [0.4, 0.5) is 4.39 Å². The average molecular weight is 535 g/mol. The van der Waals surface area contributed by atoms with Crippen molar-refractivity contribution in [3.63, 3.8) is 0 Å². The molecule has 1 aromatic carbocycles. The second-order valence-corrected chi connectivity index (χ2v) is 12.1. The van der Waals surface area contributed by atoms with Crippen molar-refractivity contribution in [3.05, 3.63) is 48.3 Å². The molecule has 0 radical (unpaired) electrons. The number of carbonyl (C=O) groups excluding carboxylic acids is 2. The molecule has 1 aromatic heterocycles. The molecule has 0 spiro atoms. The molecule has 10 nitrogen and oxygen atoms in total. The van der Waals surface area contributed by atoms with Crippen LogP contribution in [0.5, 0.6) is 0 Å². The molecule has 1 atom stereocenters. The van der Waals surface area contributed by atoms with Gasteiger partial charge in [0.25, 0.3) is 0 Å². The maximum atomic E-state index is 13.5. The summed E-state index contributed by atoms with van der Waals surface area (Å²) in [6.45, 7) is 4.71. The Morgan fingerprint density at radius 1 is 1.11 bits per heavy atom. The van der Waals surface area contributed by atoms with Gasteiger partial charge in [0.2, 0.25) is 21.8 Å². The number of amides is 2. The van der Waals surface area contributed by atoms with Gasteiger partial charge in [0.15, 0.2) is 0 Å². The van der Waals surface area contributed by atoms with Crippen LogP contribution in [0.1, 0.15) is 38.2 Å². The monoisotopic (exact) mass is 534 g/mol. The lowest BCUT2D eigenvalue weighted by atomic mass is 9.65. The number of halogens is 1. The van der Waals surface area contributed by atoms with Crippen LogP contribution in [0.2, 0.25) is 0 Å². The Morgan fingerprint density at radius 3 is 2.30 bits per heavy atom. The van der Waals surface area contributed by atoms with Crippen molar-refractivity contribution in [2.45, 2.75) is 51.6 Å². The van der Waals surface area contributed by atoms with Crippen LogP contribution in [0.15, 0.2) is 36.9 Å². The first-order valence-corrected chi connectivity index (χ1v) is 14.5. The first-order valence-electron chi connectivity index (χ1n) is 12.6. The predicted molar refractivity (Wildman–Crippen MR) is 135 cm³/mol. The van der Waals surface area contributed by atoms with Crippen molar-refractivity contribution in [2.75, 3.05) is 32.4 Å². The van der Waals surface area contributed by atoms with Crippen LogP contribution in [0, 0.1) is 17.2 Å². The van der Waals surface area contributed by atoms with E-state index in [1.807, 2.05) is 9.58 Å². The van der Waals surface area contributed by atoms with Gasteiger partial charge in [-0.1, -0.05) is 12.1 Å². The van der Waals surface area contributed by atoms with Crippen LogP contribution in [-0.4, -0.2) is 83.3 Å². The molecular weight excluding hydrogens is 499 g/mol. The van der Waals surface area contributed by atoms with E-state index in [9.17, 15) is 22.4 Å². The highest BCUT2D eigenvalue weighted by Crippen LogP contribution is 2.45. The van der Waals surface area contributed by atoms with Gasteiger partial charge in [-0.05, 0) is 61.1 Å². The third kappa shape index (κ3) is 6.92. The zero-order valence-electron chi connectivity index (χ0n) is 21.3. The molecule has 2 fully saturated rings. The minimum absolute atomic E-state index is 0.0924. The van der Waals surface area contributed by atoms with Crippen molar-refractivity contribution >= 4 is 21.8 Å². The summed E-state index contributed by atoms with van der Waals surface area (Å²) in [7, 11) is -3.64. The molecule has 37 heavy (non-hydrogen) atoms. The number of hydrogen-bond acceptors (Lipinski definition) is 6. The van der Waals surface area contributed by atoms with E-state index in [4.69, 9.17) is 0 Å². The van der Waals surface area contributed by atoms with E-state index in [0.29, 0.717) is 31.1 Å². The average Bonchev–Trinajstić information content (AvgIpc) is 3.37. The van der Waals surface area contributed by atoms with Gasteiger partial charge < -0.3 is 9.80 Å². The normalized spacial score (nSPS) is 19.5. The van der Waals surface area contributed by atoms with Crippen LogP contribution in [0.3, 0.4) is 0 Å². The summed E-state index contributed by atoms with van der Waals surface area (Å²) in [6, 6.07) is 4.75. The van der Waals surface area contributed by atoms with Crippen molar-refractivity contribution in [1.29, 1.82) is 0 Å². The molecule has 202 valence electrons. The fraction of sp³-hybridized carbons (Fsp3) is 0.600. The van der Waals surface area contributed by atoms with Crippen molar-refractivity contribution in [1.82, 2.24) is 29.3 Å². The Labute approximate surface area is 217 Å². The maximum Gasteiger partial charge on any atom is 0.241 e. The van der Waals surface area contributed by atoms with E-state index in [1.54, 1.807) is 30.3 Å². The minimum atomic E-state index is -3.64. The third-order valence-corrected chi connectivity index (χ3v) is 8.54. The van der Waals surface area contributed by atoms with Gasteiger partial charge in [0.1, 0.15) is 24.5 Å². The predicted octanol–water partition coefficient (Wildman–Crippen LogP) is 1.45. The largest absolute Gasteiger partial charge is 0.343 e. The Hall–Kier alpha value is -2.86. The van der Waals surface area contributed by atoms with E-state index in [-0.39, 0.29) is 23.7 Å². The van der Waals surface area contributed by atoms with Crippen LogP contribution >= 0.6 is 0 Å². The van der Waals surface area contributed by atoms with Crippen molar-refractivity contribution in [3.8, 4) is 0 Å². The molecule has 0 aliphatic carbocycles. The molecule has 2 saturated heterocycles. The van der Waals surface area contributed by atoms with Gasteiger partial charge in [0.05, 0.1) is 6.26 Å². The fourth-order valence-corrected chi connectivity index (χ4v) is 6.53. The number of likely N-dealkylation sites (tertiary alicyclic amines) is 2. The molecule has 0 bridgehead atoms. The fourth-order valence-electron chi connectivity index (χ4n) is 5.83. The van der Waals surface area contributed by atoms with E-state index in [0.717, 1.165) is 45.0 Å². The van der Waals surface area contributed by atoms with Crippen LogP contribution < -0.4 is 4.72 Å². The number of piperidine rings is 2.